The van der Waals surface area contributed by atoms with Crippen molar-refractivity contribution in [1.82, 2.24) is 15.1 Å². The maximum Gasteiger partial charge on any atom is 0.0791 e. The minimum absolute atomic E-state index is 0.256. The zero-order valence-corrected chi connectivity index (χ0v) is 11.8. The third kappa shape index (κ3) is 3.47. The number of hydrogen-bond donors (Lipinski definition) is 2. The first-order valence-corrected chi connectivity index (χ1v) is 7.78. The highest BCUT2D eigenvalue weighted by atomic mass is 16.5. The molecule has 0 radical (unpaired) electrons. The van der Waals surface area contributed by atoms with E-state index in [1.165, 1.54) is 32.4 Å². The first-order valence-electron chi connectivity index (χ1n) is 7.78. The third-order valence-corrected chi connectivity index (χ3v) is 4.79. The van der Waals surface area contributed by atoms with Crippen molar-refractivity contribution in [2.24, 2.45) is 0 Å². The molecular formula is C14H27N3O2. The Morgan fingerprint density at radius 2 is 2.00 bits per heavy atom. The summed E-state index contributed by atoms with van der Waals surface area (Å²) in [4.78, 5) is 4.90. The minimum Gasteiger partial charge on any atom is -0.390 e. The third-order valence-electron chi connectivity index (χ3n) is 4.79. The molecule has 0 saturated carbocycles. The molecule has 3 unspecified atom stereocenters. The number of aliphatic hydroxyl groups is 1. The molecule has 3 aliphatic rings. The van der Waals surface area contributed by atoms with Gasteiger partial charge in [-0.05, 0) is 25.8 Å². The first-order chi connectivity index (χ1) is 9.33. The summed E-state index contributed by atoms with van der Waals surface area (Å²) in [6.45, 7) is 7.54. The van der Waals surface area contributed by atoms with Crippen LogP contribution in [0.15, 0.2) is 0 Å². The molecule has 110 valence electrons. The predicted molar refractivity (Wildman–Crippen MR) is 74.3 cm³/mol. The molecule has 0 amide bonds. The van der Waals surface area contributed by atoms with Crippen LogP contribution in [0.5, 0.6) is 0 Å². The molecule has 3 atom stereocenters. The minimum atomic E-state index is -0.256. The fourth-order valence-electron chi connectivity index (χ4n) is 3.75. The maximum atomic E-state index is 10.1. The second-order valence-corrected chi connectivity index (χ2v) is 6.12. The molecule has 5 nitrogen and oxygen atoms in total. The lowest BCUT2D eigenvalue weighted by Crippen LogP contribution is -2.47. The molecule has 3 saturated heterocycles. The summed E-state index contributed by atoms with van der Waals surface area (Å²) in [6.07, 6.45) is 3.67. The number of β-amino-alcohol motifs (C(OH)–C–C–N with tert-alkyl or cyclic N) is 1. The Morgan fingerprint density at radius 3 is 2.84 bits per heavy atom. The van der Waals surface area contributed by atoms with Gasteiger partial charge in [0.25, 0.3) is 0 Å². The van der Waals surface area contributed by atoms with Gasteiger partial charge in [-0.15, -0.1) is 0 Å². The number of nitrogens with one attached hydrogen (secondary N) is 1. The topological polar surface area (TPSA) is 48.0 Å². The van der Waals surface area contributed by atoms with Crippen molar-refractivity contribution >= 4 is 0 Å². The van der Waals surface area contributed by atoms with E-state index in [2.05, 4.69) is 15.1 Å². The van der Waals surface area contributed by atoms with Crippen molar-refractivity contribution in [3.05, 3.63) is 0 Å². The molecule has 3 aliphatic heterocycles. The Labute approximate surface area is 115 Å². The van der Waals surface area contributed by atoms with E-state index in [0.717, 1.165) is 45.4 Å². The molecule has 0 aliphatic carbocycles. The molecule has 2 N–H and O–H groups in total. The average molecular weight is 269 g/mol. The van der Waals surface area contributed by atoms with Crippen LogP contribution in [0.1, 0.15) is 19.3 Å². The van der Waals surface area contributed by atoms with Crippen LogP contribution in [-0.4, -0.2) is 85.6 Å². The summed E-state index contributed by atoms with van der Waals surface area (Å²) in [7, 11) is 0. The van der Waals surface area contributed by atoms with Crippen LogP contribution in [0.3, 0.4) is 0 Å². The quantitative estimate of drug-likeness (QED) is 0.705. The molecular weight excluding hydrogens is 242 g/mol. The van der Waals surface area contributed by atoms with E-state index in [4.69, 9.17) is 4.74 Å². The molecule has 19 heavy (non-hydrogen) atoms. The van der Waals surface area contributed by atoms with Gasteiger partial charge in [0.2, 0.25) is 0 Å². The zero-order valence-electron chi connectivity index (χ0n) is 11.8. The largest absolute Gasteiger partial charge is 0.390 e. The van der Waals surface area contributed by atoms with Crippen molar-refractivity contribution in [2.45, 2.75) is 37.5 Å². The number of nitrogens with zero attached hydrogens (tertiary/aromatic N) is 2. The highest BCUT2D eigenvalue weighted by Crippen LogP contribution is 2.27. The zero-order chi connectivity index (χ0) is 13.1. The lowest BCUT2D eigenvalue weighted by molar-refractivity contribution is 0.0143. The number of hydrogen-bond acceptors (Lipinski definition) is 5. The summed E-state index contributed by atoms with van der Waals surface area (Å²) in [6, 6.07) is 1.33. The van der Waals surface area contributed by atoms with Gasteiger partial charge >= 0.3 is 0 Å². The van der Waals surface area contributed by atoms with Gasteiger partial charge in [0, 0.05) is 44.8 Å². The Hall–Kier alpha value is -0.200. The van der Waals surface area contributed by atoms with Gasteiger partial charge in [-0.25, -0.2) is 0 Å². The molecule has 0 spiro atoms. The van der Waals surface area contributed by atoms with Crippen LogP contribution < -0.4 is 5.32 Å². The molecule has 0 aromatic rings. The molecule has 0 aromatic carbocycles. The number of rotatable bonds is 5. The van der Waals surface area contributed by atoms with Crippen LogP contribution in [0.25, 0.3) is 0 Å². The molecule has 3 fully saturated rings. The summed E-state index contributed by atoms with van der Waals surface area (Å²) in [5.41, 5.74) is 0. The lowest BCUT2D eigenvalue weighted by atomic mass is 10.1. The van der Waals surface area contributed by atoms with Crippen LogP contribution in [0.4, 0.5) is 0 Å². The summed E-state index contributed by atoms with van der Waals surface area (Å²) >= 11 is 0. The van der Waals surface area contributed by atoms with Gasteiger partial charge in [-0.2, -0.15) is 0 Å². The Kier molecular flexibility index (Phi) is 4.71. The number of aliphatic hydroxyl groups excluding tert-OH is 1. The molecule has 0 bridgehead atoms. The van der Waals surface area contributed by atoms with Crippen LogP contribution in [-0.2, 0) is 4.74 Å². The van der Waals surface area contributed by atoms with Gasteiger partial charge in [0.15, 0.2) is 0 Å². The van der Waals surface area contributed by atoms with Crippen LogP contribution >= 0.6 is 0 Å². The number of morpholine rings is 1. The monoisotopic (exact) mass is 269 g/mol. The summed E-state index contributed by atoms with van der Waals surface area (Å²) in [5, 5.41) is 13.7. The van der Waals surface area contributed by atoms with E-state index < -0.39 is 0 Å². The summed E-state index contributed by atoms with van der Waals surface area (Å²) < 4.78 is 5.33. The van der Waals surface area contributed by atoms with E-state index in [9.17, 15) is 5.11 Å². The highest BCUT2D eigenvalue weighted by Gasteiger charge is 2.36. The van der Waals surface area contributed by atoms with Crippen molar-refractivity contribution in [3.63, 3.8) is 0 Å². The van der Waals surface area contributed by atoms with Crippen LogP contribution in [0.2, 0.25) is 0 Å². The van der Waals surface area contributed by atoms with Crippen molar-refractivity contribution in [1.29, 1.82) is 0 Å². The van der Waals surface area contributed by atoms with Gasteiger partial charge in [0.05, 0.1) is 19.3 Å². The normalized spacial score (nSPS) is 34.6. The second kappa shape index (κ2) is 6.50. The van der Waals surface area contributed by atoms with Gasteiger partial charge in [-0.1, -0.05) is 0 Å². The molecule has 0 aromatic heterocycles. The molecule has 5 heteroatoms. The van der Waals surface area contributed by atoms with Crippen LogP contribution in [0, 0.1) is 0 Å². The highest BCUT2D eigenvalue weighted by molar-refractivity contribution is 4.95. The SMILES string of the molecule is OC(CNC1CCN2CCCC12)CN1CCOCC1. The molecule has 3 rings (SSSR count). The number of ether oxygens (including phenoxy) is 1. The fraction of sp³-hybridized carbons (Fsp3) is 1.00. The van der Waals surface area contributed by atoms with E-state index in [1.807, 2.05) is 0 Å². The fourth-order valence-corrected chi connectivity index (χ4v) is 3.75. The Morgan fingerprint density at radius 1 is 1.16 bits per heavy atom. The average Bonchev–Trinajstić information content (AvgIpc) is 3.01. The number of fused-ring (bicyclic) bond motifs is 1. The standard InChI is InChI=1S/C14H27N3O2/c18-12(11-16-6-8-19-9-7-16)10-15-13-3-5-17-4-1-2-14(13)17/h12-15,18H,1-11H2. The second-order valence-electron chi connectivity index (χ2n) is 6.12. The lowest BCUT2D eigenvalue weighted by Gasteiger charge is -2.29. The van der Waals surface area contributed by atoms with E-state index >= 15 is 0 Å². The van der Waals surface area contributed by atoms with Crippen molar-refractivity contribution in [3.8, 4) is 0 Å². The maximum absolute atomic E-state index is 10.1. The van der Waals surface area contributed by atoms with E-state index in [0.29, 0.717) is 6.04 Å². The molecule has 3 heterocycles. The summed E-state index contributed by atoms with van der Waals surface area (Å²) in [5.74, 6) is 0. The first kappa shape index (κ1) is 13.8. The van der Waals surface area contributed by atoms with Gasteiger partial charge in [0.1, 0.15) is 0 Å². The predicted octanol–water partition coefficient (Wildman–Crippen LogP) is -0.494. The van der Waals surface area contributed by atoms with Crippen molar-refractivity contribution in [2.75, 3.05) is 52.5 Å². The van der Waals surface area contributed by atoms with E-state index in [1.54, 1.807) is 0 Å². The Balaban J connectivity index is 1.37. The van der Waals surface area contributed by atoms with Gasteiger partial charge in [-0.3, -0.25) is 9.80 Å². The van der Waals surface area contributed by atoms with E-state index in [-0.39, 0.29) is 6.10 Å². The van der Waals surface area contributed by atoms with Crippen molar-refractivity contribution < 1.29 is 9.84 Å². The Bertz CT molecular complexity index is 284. The van der Waals surface area contributed by atoms with Gasteiger partial charge < -0.3 is 15.2 Å². The smallest absolute Gasteiger partial charge is 0.0791 e.